The fourth-order valence-corrected chi connectivity index (χ4v) is 1.97. The maximum Gasteiger partial charge on any atom is 0.309 e. The molecule has 23 heavy (non-hydrogen) atoms. The molecule has 0 aliphatic carbocycles. The van der Waals surface area contributed by atoms with E-state index in [1.807, 2.05) is 0 Å². The van der Waals surface area contributed by atoms with Crippen LogP contribution in [0, 0.1) is 15.5 Å². The molecular formula is C14H16N4O5. The first-order chi connectivity index (χ1) is 10.7. The van der Waals surface area contributed by atoms with Crippen molar-refractivity contribution in [2.75, 3.05) is 6.54 Å². The normalized spacial score (nSPS) is 11.4. The summed E-state index contributed by atoms with van der Waals surface area (Å²) in [6.45, 7) is 3.28. The van der Waals surface area contributed by atoms with Crippen molar-refractivity contribution in [1.29, 1.82) is 0 Å². The van der Waals surface area contributed by atoms with Crippen LogP contribution in [0.15, 0.2) is 18.2 Å². The second-order valence-corrected chi connectivity index (χ2v) is 5.75. The fraction of sp³-hybridized carbons (Fsp3) is 0.357. The molecule has 0 radical (unpaired) electrons. The van der Waals surface area contributed by atoms with Crippen LogP contribution in [-0.2, 0) is 4.79 Å². The van der Waals surface area contributed by atoms with Gasteiger partial charge in [-0.2, -0.15) is 5.10 Å². The van der Waals surface area contributed by atoms with E-state index in [1.165, 1.54) is 18.2 Å². The monoisotopic (exact) mass is 320 g/mol. The number of carbonyl (C=O) groups is 2. The van der Waals surface area contributed by atoms with Crippen molar-refractivity contribution in [3.05, 3.63) is 34.0 Å². The summed E-state index contributed by atoms with van der Waals surface area (Å²) in [6.07, 6.45) is 0.247. The Morgan fingerprint density at radius 2 is 2.13 bits per heavy atom. The maximum absolute atomic E-state index is 12.1. The smallest absolute Gasteiger partial charge is 0.309 e. The lowest BCUT2D eigenvalue weighted by atomic mass is 9.90. The molecule has 2 aromatic rings. The highest BCUT2D eigenvalue weighted by molar-refractivity contribution is 6.05. The van der Waals surface area contributed by atoms with Crippen molar-refractivity contribution in [2.45, 2.75) is 20.3 Å². The number of nitrogens with zero attached hydrogens (tertiary/aromatic N) is 2. The average molecular weight is 320 g/mol. The summed E-state index contributed by atoms with van der Waals surface area (Å²) < 4.78 is 0. The summed E-state index contributed by atoms with van der Waals surface area (Å²) >= 11 is 0. The van der Waals surface area contributed by atoms with Gasteiger partial charge in [0.25, 0.3) is 11.6 Å². The highest BCUT2D eigenvalue weighted by Crippen LogP contribution is 2.22. The third-order valence-corrected chi connectivity index (χ3v) is 3.59. The third-order valence-electron chi connectivity index (χ3n) is 3.59. The predicted molar refractivity (Wildman–Crippen MR) is 81.1 cm³/mol. The zero-order valence-electron chi connectivity index (χ0n) is 12.6. The molecule has 1 heterocycles. The molecule has 0 bridgehead atoms. The number of fused-ring (bicyclic) bond motifs is 1. The summed E-state index contributed by atoms with van der Waals surface area (Å²) in [6, 6.07) is 4.07. The minimum Gasteiger partial charge on any atom is -0.481 e. The quantitative estimate of drug-likeness (QED) is 0.547. The number of aromatic amines is 1. The van der Waals surface area contributed by atoms with Gasteiger partial charge >= 0.3 is 5.97 Å². The first-order valence-electron chi connectivity index (χ1n) is 6.86. The summed E-state index contributed by atoms with van der Waals surface area (Å²) in [7, 11) is 0. The van der Waals surface area contributed by atoms with Gasteiger partial charge in [0, 0.05) is 24.1 Å². The maximum atomic E-state index is 12.1. The zero-order valence-corrected chi connectivity index (χ0v) is 12.6. The van der Waals surface area contributed by atoms with Gasteiger partial charge in [-0.3, -0.25) is 24.8 Å². The minimum absolute atomic E-state index is 0.0387. The number of rotatable bonds is 6. The molecule has 1 amide bonds. The van der Waals surface area contributed by atoms with Gasteiger partial charge < -0.3 is 10.4 Å². The fourth-order valence-electron chi connectivity index (χ4n) is 1.97. The average Bonchev–Trinajstić information content (AvgIpc) is 2.89. The summed E-state index contributed by atoms with van der Waals surface area (Å²) in [5, 5.41) is 29.3. The summed E-state index contributed by atoms with van der Waals surface area (Å²) in [4.78, 5) is 33.4. The Balaban J connectivity index is 2.14. The van der Waals surface area contributed by atoms with Gasteiger partial charge in [-0.1, -0.05) is 0 Å². The van der Waals surface area contributed by atoms with Crippen LogP contribution in [0.5, 0.6) is 0 Å². The van der Waals surface area contributed by atoms with Crippen molar-refractivity contribution >= 4 is 28.5 Å². The number of nitrogens with one attached hydrogen (secondary N) is 2. The Labute approximate surface area is 130 Å². The number of nitro groups is 1. The minimum atomic E-state index is -0.959. The summed E-state index contributed by atoms with van der Waals surface area (Å²) in [5.74, 6) is -1.47. The van der Waals surface area contributed by atoms with Crippen molar-refractivity contribution < 1.29 is 19.6 Å². The number of hydrogen-bond acceptors (Lipinski definition) is 5. The van der Waals surface area contributed by atoms with Crippen LogP contribution in [-0.4, -0.2) is 38.6 Å². The molecule has 3 N–H and O–H groups in total. The van der Waals surface area contributed by atoms with Crippen LogP contribution in [0.3, 0.4) is 0 Å². The first-order valence-corrected chi connectivity index (χ1v) is 6.86. The van der Waals surface area contributed by atoms with Gasteiger partial charge in [0.05, 0.1) is 15.9 Å². The Morgan fingerprint density at radius 1 is 1.43 bits per heavy atom. The van der Waals surface area contributed by atoms with Crippen LogP contribution in [0.2, 0.25) is 0 Å². The van der Waals surface area contributed by atoms with E-state index in [9.17, 15) is 19.7 Å². The number of H-pyrrole nitrogens is 1. The highest BCUT2D eigenvalue weighted by Gasteiger charge is 2.27. The van der Waals surface area contributed by atoms with E-state index in [0.717, 1.165) is 0 Å². The van der Waals surface area contributed by atoms with Crippen LogP contribution in [0.1, 0.15) is 30.8 Å². The van der Waals surface area contributed by atoms with E-state index in [0.29, 0.717) is 10.9 Å². The molecule has 0 aliphatic heterocycles. The topological polar surface area (TPSA) is 138 Å². The van der Waals surface area contributed by atoms with E-state index < -0.39 is 22.2 Å². The second-order valence-electron chi connectivity index (χ2n) is 5.75. The second kappa shape index (κ2) is 6.03. The lowest BCUT2D eigenvalue weighted by molar-refractivity contribution is -0.384. The highest BCUT2D eigenvalue weighted by atomic mass is 16.6. The molecule has 0 aliphatic rings. The van der Waals surface area contributed by atoms with Crippen molar-refractivity contribution in [3.63, 3.8) is 0 Å². The van der Waals surface area contributed by atoms with E-state index >= 15 is 0 Å². The molecule has 122 valence electrons. The molecule has 0 unspecified atom stereocenters. The molecule has 0 saturated heterocycles. The number of aliphatic carboxylic acids is 1. The number of hydrogen-bond donors (Lipinski definition) is 3. The summed E-state index contributed by atoms with van der Waals surface area (Å²) in [5.41, 5.74) is -0.553. The number of carboxylic acid groups (broad SMARTS) is 1. The third kappa shape index (κ3) is 3.44. The number of benzene rings is 1. The van der Waals surface area contributed by atoms with E-state index in [4.69, 9.17) is 5.11 Å². The molecule has 2 rings (SSSR count). The molecule has 9 nitrogen and oxygen atoms in total. The predicted octanol–water partition coefficient (Wildman–Crippen LogP) is 1.70. The van der Waals surface area contributed by atoms with Crippen molar-refractivity contribution in [1.82, 2.24) is 15.5 Å². The Hall–Kier alpha value is -2.97. The Morgan fingerprint density at radius 3 is 2.74 bits per heavy atom. The van der Waals surface area contributed by atoms with E-state index in [2.05, 4.69) is 15.5 Å². The van der Waals surface area contributed by atoms with Gasteiger partial charge in [-0.05, 0) is 26.3 Å². The van der Waals surface area contributed by atoms with Gasteiger partial charge in [0.15, 0.2) is 5.69 Å². The first kappa shape index (κ1) is 16.4. The SMILES string of the molecule is CC(C)(CCNC(=O)c1n[nH]c2ccc([N+](=O)[O-])cc12)C(=O)O. The van der Waals surface area contributed by atoms with Crippen LogP contribution in [0.4, 0.5) is 5.69 Å². The number of carbonyl (C=O) groups excluding carboxylic acids is 1. The van der Waals surface area contributed by atoms with Crippen molar-refractivity contribution in [2.24, 2.45) is 5.41 Å². The van der Waals surface area contributed by atoms with Crippen LogP contribution >= 0.6 is 0 Å². The molecule has 0 saturated carbocycles. The number of aromatic nitrogens is 2. The number of nitro benzene ring substituents is 1. The van der Waals surface area contributed by atoms with Gasteiger partial charge in [-0.15, -0.1) is 0 Å². The molecule has 1 aromatic carbocycles. The Kier molecular flexibility index (Phi) is 4.30. The molecular weight excluding hydrogens is 304 g/mol. The van der Waals surface area contributed by atoms with Gasteiger partial charge in [0.2, 0.25) is 0 Å². The molecule has 0 spiro atoms. The zero-order chi connectivity index (χ0) is 17.2. The van der Waals surface area contributed by atoms with Crippen LogP contribution in [0.25, 0.3) is 10.9 Å². The number of carboxylic acids is 1. The lowest BCUT2D eigenvalue weighted by Gasteiger charge is -2.18. The Bertz CT molecular complexity index is 781. The number of amides is 1. The van der Waals surface area contributed by atoms with Gasteiger partial charge in [-0.25, -0.2) is 0 Å². The molecule has 1 aromatic heterocycles. The lowest BCUT2D eigenvalue weighted by Crippen LogP contribution is -2.32. The largest absolute Gasteiger partial charge is 0.481 e. The van der Waals surface area contributed by atoms with Gasteiger partial charge in [0.1, 0.15) is 0 Å². The van der Waals surface area contributed by atoms with E-state index in [1.54, 1.807) is 13.8 Å². The molecule has 0 atom stereocenters. The molecule has 9 heteroatoms. The standard InChI is InChI=1S/C14H16N4O5/c1-14(2,13(20)21)5-6-15-12(19)11-9-7-8(18(22)23)3-4-10(9)16-17-11/h3-4,7H,5-6H2,1-2H3,(H,15,19)(H,16,17)(H,20,21). The number of non-ortho nitro benzene ring substituents is 1. The van der Waals surface area contributed by atoms with Crippen molar-refractivity contribution in [3.8, 4) is 0 Å². The van der Waals surface area contributed by atoms with Crippen LogP contribution < -0.4 is 5.32 Å². The molecule has 0 fully saturated rings. The van der Waals surface area contributed by atoms with E-state index in [-0.39, 0.29) is 24.3 Å².